The van der Waals surface area contributed by atoms with Crippen molar-refractivity contribution < 1.29 is 4.79 Å². The molecule has 30 heavy (non-hydrogen) atoms. The minimum Gasteiger partial charge on any atom is -0.337 e. The number of benzene rings is 3. The summed E-state index contributed by atoms with van der Waals surface area (Å²) in [6.07, 6.45) is 0. The molecule has 0 N–H and O–H groups in total. The fourth-order valence-electron chi connectivity index (χ4n) is 3.48. The molecule has 0 radical (unpaired) electrons. The van der Waals surface area contributed by atoms with Gasteiger partial charge in [0.1, 0.15) is 5.82 Å². The highest BCUT2D eigenvalue weighted by Crippen LogP contribution is 2.18. The molecule has 0 saturated heterocycles. The Labute approximate surface area is 179 Å². The van der Waals surface area contributed by atoms with Gasteiger partial charge in [0.25, 0.3) is 11.5 Å². The lowest BCUT2D eigenvalue weighted by atomic mass is 10.1. The minimum atomic E-state index is -0.131. The summed E-state index contributed by atoms with van der Waals surface area (Å²) in [5.41, 5.74) is 2.63. The number of halogens is 1. The minimum absolute atomic E-state index is 0.123. The number of hydrogen-bond donors (Lipinski definition) is 0. The predicted octanol–water partition coefficient (Wildman–Crippen LogP) is 4.62. The van der Waals surface area contributed by atoms with Crippen LogP contribution in [-0.4, -0.2) is 27.4 Å². The molecule has 0 aliphatic heterocycles. The Kier molecular flexibility index (Phi) is 5.38. The van der Waals surface area contributed by atoms with Gasteiger partial charge in [-0.25, -0.2) is 4.98 Å². The fraction of sp³-hybridized carbons (Fsp3) is 0.125. The molecule has 4 aromatic rings. The second-order valence-corrected chi connectivity index (χ2v) is 7.52. The Balaban J connectivity index is 1.62. The van der Waals surface area contributed by atoms with Crippen molar-refractivity contribution in [1.29, 1.82) is 0 Å². The van der Waals surface area contributed by atoms with Crippen LogP contribution in [0.25, 0.3) is 16.6 Å². The number of rotatable bonds is 4. The van der Waals surface area contributed by atoms with Gasteiger partial charge in [-0.3, -0.25) is 14.2 Å². The summed E-state index contributed by atoms with van der Waals surface area (Å²) in [5.74, 6) is 0.468. The molecule has 0 atom stereocenters. The van der Waals surface area contributed by atoms with Crippen molar-refractivity contribution in [2.24, 2.45) is 0 Å². The zero-order valence-electron chi connectivity index (χ0n) is 16.7. The molecular weight excluding hydrogens is 398 g/mol. The van der Waals surface area contributed by atoms with Gasteiger partial charge in [0.2, 0.25) is 0 Å². The lowest BCUT2D eigenvalue weighted by Gasteiger charge is -2.18. The monoisotopic (exact) mass is 417 g/mol. The van der Waals surface area contributed by atoms with Crippen LogP contribution in [0.4, 0.5) is 0 Å². The first-order chi connectivity index (χ1) is 14.5. The number of carbonyl (C=O) groups excluding carboxylic acids is 1. The Morgan fingerprint density at radius 3 is 2.40 bits per heavy atom. The average Bonchev–Trinajstić information content (AvgIpc) is 2.75. The average molecular weight is 418 g/mol. The van der Waals surface area contributed by atoms with E-state index >= 15 is 0 Å². The van der Waals surface area contributed by atoms with E-state index in [9.17, 15) is 9.59 Å². The van der Waals surface area contributed by atoms with Crippen molar-refractivity contribution in [2.45, 2.75) is 13.5 Å². The molecule has 150 valence electrons. The number of nitrogens with zero attached hydrogens (tertiary/aromatic N) is 3. The second kappa shape index (κ2) is 8.13. The molecule has 3 aromatic carbocycles. The van der Waals surface area contributed by atoms with E-state index in [2.05, 4.69) is 4.98 Å². The highest BCUT2D eigenvalue weighted by Gasteiger charge is 2.15. The highest BCUT2D eigenvalue weighted by atomic mass is 35.5. The molecule has 6 heteroatoms. The van der Waals surface area contributed by atoms with Gasteiger partial charge in [0.15, 0.2) is 0 Å². The molecule has 1 heterocycles. The molecule has 0 aliphatic carbocycles. The summed E-state index contributed by atoms with van der Waals surface area (Å²) in [4.78, 5) is 31.9. The first-order valence-electron chi connectivity index (χ1n) is 9.53. The Morgan fingerprint density at radius 1 is 1.00 bits per heavy atom. The van der Waals surface area contributed by atoms with Gasteiger partial charge in [-0.15, -0.1) is 0 Å². The van der Waals surface area contributed by atoms with Crippen molar-refractivity contribution in [3.8, 4) is 5.69 Å². The third kappa shape index (κ3) is 3.72. The van der Waals surface area contributed by atoms with E-state index in [0.717, 1.165) is 5.56 Å². The first kappa shape index (κ1) is 19.9. The highest BCUT2D eigenvalue weighted by molar-refractivity contribution is 6.31. The summed E-state index contributed by atoms with van der Waals surface area (Å²) in [6, 6.07) is 21.7. The second-order valence-electron chi connectivity index (χ2n) is 7.12. The smallest absolute Gasteiger partial charge is 0.265 e. The maximum Gasteiger partial charge on any atom is 0.265 e. The quantitative estimate of drug-likeness (QED) is 0.487. The molecule has 0 fully saturated rings. The van der Waals surface area contributed by atoms with E-state index in [-0.39, 0.29) is 11.5 Å². The van der Waals surface area contributed by atoms with Crippen molar-refractivity contribution in [3.63, 3.8) is 0 Å². The Hall–Kier alpha value is -3.44. The van der Waals surface area contributed by atoms with Gasteiger partial charge in [0.05, 0.1) is 16.6 Å². The molecule has 0 unspecified atom stereocenters. The molecule has 5 nitrogen and oxygen atoms in total. The van der Waals surface area contributed by atoms with Gasteiger partial charge in [0, 0.05) is 24.2 Å². The zero-order chi connectivity index (χ0) is 21.3. The molecule has 1 aromatic heterocycles. The summed E-state index contributed by atoms with van der Waals surface area (Å²) in [5, 5.41) is 1.19. The molecular formula is C24H20ClN3O2. The number of amides is 1. The van der Waals surface area contributed by atoms with Crippen LogP contribution in [0.1, 0.15) is 21.7 Å². The van der Waals surface area contributed by atoms with E-state index in [0.29, 0.717) is 39.5 Å². The van der Waals surface area contributed by atoms with Gasteiger partial charge >= 0.3 is 0 Å². The Morgan fingerprint density at radius 2 is 1.67 bits per heavy atom. The van der Waals surface area contributed by atoms with Crippen LogP contribution in [0, 0.1) is 6.92 Å². The fourth-order valence-corrected chi connectivity index (χ4v) is 3.67. The van der Waals surface area contributed by atoms with Crippen LogP contribution < -0.4 is 5.56 Å². The first-order valence-corrected chi connectivity index (χ1v) is 9.91. The van der Waals surface area contributed by atoms with E-state index < -0.39 is 0 Å². The SMILES string of the molecule is Cc1nc2ccccc2c(=O)n1-c1ccc(C(=O)N(C)Cc2ccccc2Cl)cc1. The van der Waals surface area contributed by atoms with Crippen LogP contribution >= 0.6 is 11.6 Å². The zero-order valence-corrected chi connectivity index (χ0v) is 17.4. The summed E-state index contributed by atoms with van der Waals surface area (Å²) >= 11 is 6.20. The molecule has 0 spiro atoms. The molecule has 1 amide bonds. The normalized spacial score (nSPS) is 10.9. The number of para-hydroxylation sites is 1. The summed E-state index contributed by atoms with van der Waals surface area (Å²) < 4.78 is 1.56. The standard InChI is InChI=1S/C24H20ClN3O2/c1-16-26-22-10-6-4-8-20(22)24(30)28(16)19-13-11-17(12-14-19)23(29)27(2)15-18-7-3-5-9-21(18)25/h3-14H,15H2,1-2H3. The lowest BCUT2D eigenvalue weighted by molar-refractivity contribution is 0.0785. The van der Waals surface area contributed by atoms with Crippen LogP contribution in [-0.2, 0) is 6.54 Å². The van der Waals surface area contributed by atoms with E-state index in [1.54, 1.807) is 53.8 Å². The summed E-state index contributed by atoms with van der Waals surface area (Å²) in [7, 11) is 1.74. The van der Waals surface area contributed by atoms with Crippen molar-refractivity contribution in [1.82, 2.24) is 14.5 Å². The van der Waals surface area contributed by atoms with E-state index in [1.165, 1.54) is 0 Å². The topological polar surface area (TPSA) is 55.2 Å². The van der Waals surface area contributed by atoms with E-state index in [4.69, 9.17) is 11.6 Å². The molecule has 4 rings (SSSR count). The van der Waals surface area contributed by atoms with Crippen LogP contribution in [0.15, 0.2) is 77.6 Å². The van der Waals surface area contributed by atoms with Gasteiger partial charge in [-0.1, -0.05) is 41.9 Å². The van der Waals surface area contributed by atoms with Crippen LogP contribution in [0.5, 0.6) is 0 Å². The number of hydrogen-bond acceptors (Lipinski definition) is 3. The third-order valence-corrected chi connectivity index (χ3v) is 5.40. The predicted molar refractivity (Wildman–Crippen MR) is 119 cm³/mol. The molecule has 0 aliphatic rings. The van der Waals surface area contributed by atoms with Crippen molar-refractivity contribution in [3.05, 3.63) is 105 Å². The Bertz CT molecular complexity index is 1300. The number of aromatic nitrogens is 2. The summed E-state index contributed by atoms with van der Waals surface area (Å²) in [6.45, 7) is 2.21. The van der Waals surface area contributed by atoms with Crippen molar-refractivity contribution in [2.75, 3.05) is 7.05 Å². The van der Waals surface area contributed by atoms with Gasteiger partial charge in [-0.05, 0) is 55.0 Å². The van der Waals surface area contributed by atoms with Gasteiger partial charge < -0.3 is 4.90 Å². The maximum atomic E-state index is 12.9. The van der Waals surface area contributed by atoms with Crippen LogP contribution in [0.3, 0.4) is 0 Å². The number of carbonyl (C=O) groups is 1. The van der Waals surface area contributed by atoms with Crippen LogP contribution in [0.2, 0.25) is 5.02 Å². The van der Waals surface area contributed by atoms with Gasteiger partial charge in [-0.2, -0.15) is 0 Å². The number of aryl methyl sites for hydroxylation is 1. The van der Waals surface area contributed by atoms with Crippen molar-refractivity contribution >= 4 is 28.4 Å². The molecule has 0 bridgehead atoms. The molecule has 0 saturated carbocycles. The lowest BCUT2D eigenvalue weighted by Crippen LogP contribution is -2.26. The number of fused-ring (bicyclic) bond motifs is 1. The maximum absolute atomic E-state index is 12.9. The van der Waals surface area contributed by atoms with E-state index in [1.807, 2.05) is 42.5 Å². The largest absolute Gasteiger partial charge is 0.337 e. The third-order valence-electron chi connectivity index (χ3n) is 5.03.